The zero-order chi connectivity index (χ0) is 12.9. The summed E-state index contributed by atoms with van der Waals surface area (Å²) >= 11 is 0. The molecule has 0 aliphatic heterocycles. The van der Waals surface area contributed by atoms with Crippen LogP contribution in [0.5, 0.6) is 0 Å². The van der Waals surface area contributed by atoms with E-state index < -0.39 is 0 Å². The Morgan fingerprint density at radius 3 is 2.41 bits per heavy atom. The van der Waals surface area contributed by atoms with Crippen LogP contribution >= 0.6 is 0 Å². The van der Waals surface area contributed by atoms with Crippen LogP contribution in [-0.4, -0.2) is 30.4 Å². The Bertz CT molecular complexity index is 245. The first-order chi connectivity index (χ1) is 7.96. The second-order valence-corrected chi connectivity index (χ2v) is 6.15. The molecule has 3 heteroatoms. The van der Waals surface area contributed by atoms with Crippen LogP contribution in [0.3, 0.4) is 0 Å². The molecule has 0 unspecified atom stereocenters. The smallest absolute Gasteiger partial charge is 0.222 e. The van der Waals surface area contributed by atoms with Crippen LogP contribution in [0.2, 0.25) is 0 Å². The molecule has 2 N–H and O–H groups in total. The Kier molecular flexibility index (Phi) is 5.44. The quantitative estimate of drug-likeness (QED) is 0.775. The highest BCUT2D eigenvalue weighted by Crippen LogP contribution is 2.28. The van der Waals surface area contributed by atoms with Gasteiger partial charge < -0.3 is 10.6 Å². The molecule has 0 radical (unpaired) electrons. The summed E-state index contributed by atoms with van der Waals surface area (Å²) in [4.78, 5) is 14.1. The highest BCUT2D eigenvalue weighted by molar-refractivity contribution is 5.76. The molecule has 1 aliphatic rings. The Hall–Kier alpha value is -0.570. The molecule has 3 nitrogen and oxygen atoms in total. The number of hydrogen-bond acceptors (Lipinski definition) is 2. The van der Waals surface area contributed by atoms with E-state index in [0.717, 1.165) is 12.8 Å². The molecule has 1 saturated carbocycles. The van der Waals surface area contributed by atoms with Crippen molar-refractivity contribution in [1.29, 1.82) is 0 Å². The number of hydrogen-bond donors (Lipinski definition) is 1. The third-order valence-corrected chi connectivity index (χ3v) is 4.10. The van der Waals surface area contributed by atoms with Crippen LogP contribution in [0.1, 0.15) is 58.8 Å². The lowest BCUT2D eigenvalue weighted by atomic mass is 9.84. The van der Waals surface area contributed by atoms with Gasteiger partial charge in [-0.3, -0.25) is 4.79 Å². The first-order valence-corrected chi connectivity index (χ1v) is 6.92. The number of rotatable bonds is 6. The van der Waals surface area contributed by atoms with Crippen LogP contribution < -0.4 is 5.73 Å². The first kappa shape index (κ1) is 14.5. The van der Waals surface area contributed by atoms with E-state index in [0.29, 0.717) is 24.9 Å². The van der Waals surface area contributed by atoms with Gasteiger partial charge in [0.25, 0.3) is 0 Å². The van der Waals surface area contributed by atoms with E-state index in [1.807, 2.05) is 11.9 Å². The van der Waals surface area contributed by atoms with Gasteiger partial charge in [0.1, 0.15) is 0 Å². The summed E-state index contributed by atoms with van der Waals surface area (Å²) in [6.07, 6.45) is 7.54. The van der Waals surface area contributed by atoms with E-state index in [4.69, 9.17) is 5.73 Å². The van der Waals surface area contributed by atoms with Crippen LogP contribution in [-0.2, 0) is 4.79 Å². The van der Waals surface area contributed by atoms with Gasteiger partial charge in [-0.05, 0) is 37.6 Å². The number of carbonyl (C=O) groups excluding carboxylic acids is 1. The minimum atomic E-state index is 0.195. The number of amides is 1. The van der Waals surface area contributed by atoms with Gasteiger partial charge >= 0.3 is 0 Å². The van der Waals surface area contributed by atoms with Crippen LogP contribution in [0, 0.1) is 5.41 Å². The van der Waals surface area contributed by atoms with Crippen molar-refractivity contribution in [3.05, 3.63) is 0 Å². The first-order valence-electron chi connectivity index (χ1n) is 6.92. The Morgan fingerprint density at radius 1 is 1.29 bits per heavy atom. The summed E-state index contributed by atoms with van der Waals surface area (Å²) in [6, 6.07) is 0.500. The summed E-state index contributed by atoms with van der Waals surface area (Å²) in [7, 11) is 1.97. The predicted octanol–water partition coefficient (Wildman–Crippen LogP) is 2.54. The maximum Gasteiger partial charge on any atom is 0.222 e. The summed E-state index contributed by atoms with van der Waals surface area (Å²) < 4.78 is 0. The van der Waals surface area contributed by atoms with E-state index in [2.05, 4.69) is 13.8 Å². The average Bonchev–Trinajstić information content (AvgIpc) is 2.78. The Morgan fingerprint density at radius 2 is 1.88 bits per heavy atom. The third-order valence-electron chi connectivity index (χ3n) is 4.10. The largest absolute Gasteiger partial charge is 0.343 e. The molecule has 0 atom stereocenters. The number of carbonyl (C=O) groups is 1. The normalized spacial score (nSPS) is 17.4. The topological polar surface area (TPSA) is 46.3 Å². The Balaban J connectivity index is 2.33. The molecule has 1 aliphatic carbocycles. The van der Waals surface area contributed by atoms with E-state index in [1.54, 1.807) is 0 Å². The van der Waals surface area contributed by atoms with Crippen molar-refractivity contribution in [2.45, 2.75) is 64.8 Å². The van der Waals surface area contributed by atoms with Crippen molar-refractivity contribution in [2.24, 2.45) is 11.1 Å². The molecular weight excluding hydrogens is 212 g/mol. The highest BCUT2D eigenvalue weighted by Gasteiger charge is 2.25. The third kappa shape index (κ3) is 4.66. The SMILES string of the molecule is CN(C(=O)CCC(C)(C)CCN)C1CCCC1. The second-order valence-electron chi connectivity index (χ2n) is 6.15. The summed E-state index contributed by atoms with van der Waals surface area (Å²) in [5, 5.41) is 0. The molecule has 0 heterocycles. The van der Waals surface area contributed by atoms with Gasteiger partial charge in [-0.2, -0.15) is 0 Å². The van der Waals surface area contributed by atoms with Gasteiger partial charge in [-0.15, -0.1) is 0 Å². The van der Waals surface area contributed by atoms with Crippen LogP contribution in [0.4, 0.5) is 0 Å². The van der Waals surface area contributed by atoms with Crippen molar-refractivity contribution >= 4 is 5.91 Å². The molecule has 1 amide bonds. The van der Waals surface area contributed by atoms with E-state index in [9.17, 15) is 4.79 Å². The summed E-state index contributed by atoms with van der Waals surface area (Å²) in [5.41, 5.74) is 5.78. The lowest BCUT2D eigenvalue weighted by molar-refractivity contribution is -0.132. The van der Waals surface area contributed by atoms with E-state index in [-0.39, 0.29) is 5.41 Å². The molecule has 0 spiro atoms. The van der Waals surface area contributed by atoms with Gasteiger partial charge in [0, 0.05) is 19.5 Å². The summed E-state index contributed by atoms with van der Waals surface area (Å²) in [6.45, 7) is 5.10. The molecule has 100 valence electrons. The molecule has 1 rings (SSSR count). The molecule has 0 aromatic carbocycles. The zero-order valence-corrected chi connectivity index (χ0v) is 11.7. The maximum atomic E-state index is 12.1. The zero-order valence-electron chi connectivity index (χ0n) is 11.7. The molecule has 0 aromatic heterocycles. The fourth-order valence-electron chi connectivity index (χ4n) is 2.63. The molecule has 0 bridgehead atoms. The van der Waals surface area contributed by atoms with Gasteiger partial charge in [0.2, 0.25) is 5.91 Å². The lowest BCUT2D eigenvalue weighted by Gasteiger charge is -2.28. The fourth-order valence-corrected chi connectivity index (χ4v) is 2.63. The van der Waals surface area contributed by atoms with Gasteiger partial charge in [0.15, 0.2) is 0 Å². The number of nitrogens with two attached hydrogens (primary N) is 1. The van der Waals surface area contributed by atoms with Crippen molar-refractivity contribution in [3.63, 3.8) is 0 Å². The predicted molar refractivity (Wildman–Crippen MR) is 71.7 cm³/mol. The molecule has 0 aromatic rings. The van der Waals surface area contributed by atoms with Gasteiger partial charge in [0.05, 0.1) is 0 Å². The van der Waals surface area contributed by atoms with Crippen LogP contribution in [0.25, 0.3) is 0 Å². The van der Waals surface area contributed by atoms with Crippen molar-refractivity contribution < 1.29 is 4.79 Å². The maximum absolute atomic E-state index is 12.1. The van der Waals surface area contributed by atoms with Gasteiger partial charge in [-0.1, -0.05) is 26.7 Å². The number of nitrogens with zero attached hydrogens (tertiary/aromatic N) is 1. The van der Waals surface area contributed by atoms with Crippen molar-refractivity contribution in [3.8, 4) is 0 Å². The lowest BCUT2D eigenvalue weighted by Crippen LogP contribution is -2.35. The average molecular weight is 240 g/mol. The van der Waals surface area contributed by atoms with E-state index >= 15 is 0 Å². The molecule has 0 saturated heterocycles. The summed E-state index contributed by atoms with van der Waals surface area (Å²) in [5.74, 6) is 0.307. The second kappa shape index (κ2) is 6.39. The molecule has 1 fully saturated rings. The monoisotopic (exact) mass is 240 g/mol. The standard InChI is InChI=1S/C14H28N2O/c1-14(2,10-11-15)9-8-13(17)16(3)12-6-4-5-7-12/h12H,4-11,15H2,1-3H3. The minimum Gasteiger partial charge on any atom is -0.343 e. The molecule has 17 heavy (non-hydrogen) atoms. The Labute approximate surface area is 106 Å². The molecular formula is C14H28N2O. The van der Waals surface area contributed by atoms with Crippen LogP contribution in [0.15, 0.2) is 0 Å². The van der Waals surface area contributed by atoms with Crippen molar-refractivity contribution in [2.75, 3.05) is 13.6 Å². The van der Waals surface area contributed by atoms with Crippen molar-refractivity contribution in [1.82, 2.24) is 4.90 Å². The van der Waals surface area contributed by atoms with E-state index in [1.165, 1.54) is 25.7 Å². The highest BCUT2D eigenvalue weighted by atomic mass is 16.2. The fraction of sp³-hybridized carbons (Fsp3) is 0.929. The van der Waals surface area contributed by atoms with Gasteiger partial charge in [-0.25, -0.2) is 0 Å². The minimum absolute atomic E-state index is 0.195.